The summed E-state index contributed by atoms with van der Waals surface area (Å²) < 4.78 is 27.2. The Balaban J connectivity index is 1.95. The minimum absolute atomic E-state index is 0.00577. The van der Waals surface area contributed by atoms with Crippen LogP contribution >= 0.6 is 0 Å². The molecule has 0 amide bonds. The number of aliphatic carboxylic acids is 1. The third-order valence-electron chi connectivity index (χ3n) is 5.38. The van der Waals surface area contributed by atoms with Crippen molar-refractivity contribution in [2.75, 3.05) is 6.54 Å². The van der Waals surface area contributed by atoms with Gasteiger partial charge in [0, 0.05) is 24.8 Å². The fourth-order valence-corrected chi connectivity index (χ4v) is 4.08. The first-order chi connectivity index (χ1) is 11.3. The molecule has 1 heterocycles. The molecule has 3 atom stereocenters. The van der Waals surface area contributed by atoms with E-state index in [1.54, 1.807) is 24.3 Å². The zero-order chi connectivity index (χ0) is 17.4. The molecular weight excluding hydrogens is 316 g/mol. The van der Waals surface area contributed by atoms with E-state index >= 15 is 0 Å². The predicted octanol–water partition coefficient (Wildman–Crippen LogP) is 2.69. The molecule has 1 aliphatic heterocycles. The summed E-state index contributed by atoms with van der Waals surface area (Å²) in [5.74, 6) is -5.34. The molecule has 24 heavy (non-hydrogen) atoms. The van der Waals surface area contributed by atoms with Crippen molar-refractivity contribution in [2.24, 2.45) is 5.92 Å². The van der Waals surface area contributed by atoms with Crippen LogP contribution in [0.3, 0.4) is 0 Å². The zero-order valence-corrected chi connectivity index (χ0v) is 13.5. The Morgan fingerprint density at radius 2 is 2.08 bits per heavy atom. The zero-order valence-electron chi connectivity index (χ0n) is 13.5. The molecule has 0 aromatic heterocycles. The van der Waals surface area contributed by atoms with E-state index < -0.39 is 29.8 Å². The fraction of sp³-hybridized carbons (Fsp3) is 0.611. The number of nitrogens with one attached hydrogen (secondary N) is 1. The molecule has 0 unspecified atom stereocenters. The molecule has 2 aliphatic rings. The van der Waals surface area contributed by atoms with Crippen molar-refractivity contribution in [2.45, 2.75) is 56.1 Å². The van der Waals surface area contributed by atoms with Gasteiger partial charge in [0.15, 0.2) is 5.60 Å². The number of hydrogen-bond donors (Lipinski definition) is 3. The maximum Gasteiger partial charge on any atom is 0.340 e. The van der Waals surface area contributed by atoms with Crippen LogP contribution < -0.4 is 5.32 Å². The SMILES string of the molecule is O=C(O)[C@](O)(c1ccccc1C[C@H]1CCCN1)[C@@H]1CCC(F)(F)C1. The van der Waals surface area contributed by atoms with Gasteiger partial charge in [-0.3, -0.25) is 0 Å². The van der Waals surface area contributed by atoms with Crippen molar-refractivity contribution >= 4 is 5.97 Å². The lowest BCUT2D eigenvalue weighted by Crippen LogP contribution is -2.43. The number of aliphatic hydroxyl groups is 1. The third kappa shape index (κ3) is 3.17. The molecule has 1 aliphatic carbocycles. The van der Waals surface area contributed by atoms with E-state index in [1.807, 2.05) is 0 Å². The number of carboxylic acids is 1. The van der Waals surface area contributed by atoms with E-state index in [1.165, 1.54) is 0 Å². The molecule has 1 aromatic carbocycles. The minimum Gasteiger partial charge on any atom is -0.479 e. The van der Waals surface area contributed by atoms with Gasteiger partial charge in [-0.2, -0.15) is 0 Å². The largest absolute Gasteiger partial charge is 0.479 e. The molecule has 0 spiro atoms. The van der Waals surface area contributed by atoms with Crippen molar-refractivity contribution < 1.29 is 23.8 Å². The molecule has 2 fully saturated rings. The number of carbonyl (C=O) groups is 1. The van der Waals surface area contributed by atoms with Gasteiger partial charge in [0.25, 0.3) is 0 Å². The third-order valence-corrected chi connectivity index (χ3v) is 5.38. The van der Waals surface area contributed by atoms with E-state index in [0.717, 1.165) is 24.9 Å². The van der Waals surface area contributed by atoms with Gasteiger partial charge in [0.1, 0.15) is 0 Å². The monoisotopic (exact) mass is 339 g/mol. The lowest BCUT2D eigenvalue weighted by molar-refractivity contribution is -0.167. The molecule has 6 heteroatoms. The Morgan fingerprint density at radius 3 is 2.67 bits per heavy atom. The highest BCUT2D eigenvalue weighted by molar-refractivity contribution is 5.80. The summed E-state index contributed by atoms with van der Waals surface area (Å²) in [6.07, 6.45) is 1.68. The highest BCUT2D eigenvalue weighted by atomic mass is 19.3. The van der Waals surface area contributed by atoms with Gasteiger partial charge in [-0.25, -0.2) is 13.6 Å². The van der Waals surface area contributed by atoms with Crippen molar-refractivity contribution in [1.29, 1.82) is 0 Å². The van der Waals surface area contributed by atoms with Gasteiger partial charge in [-0.1, -0.05) is 24.3 Å². The van der Waals surface area contributed by atoms with Crippen LogP contribution in [0.2, 0.25) is 0 Å². The normalized spacial score (nSPS) is 28.6. The van der Waals surface area contributed by atoms with Crippen LogP contribution in [0.15, 0.2) is 24.3 Å². The van der Waals surface area contributed by atoms with Gasteiger partial charge in [0.2, 0.25) is 5.92 Å². The van der Waals surface area contributed by atoms with Crippen LogP contribution in [0.1, 0.15) is 43.2 Å². The first-order valence-electron chi connectivity index (χ1n) is 8.48. The Morgan fingerprint density at radius 1 is 1.33 bits per heavy atom. The van der Waals surface area contributed by atoms with Crippen molar-refractivity contribution in [3.8, 4) is 0 Å². The lowest BCUT2D eigenvalue weighted by Gasteiger charge is -2.32. The smallest absolute Gasteiger partial charge is 0.340 e. The lowest BCUT2D eigenvalue weighted by atomic mass is 9.77. The van der Waals surface area contributed by atoms with Gasteiger partial charge < -0.3 is 15.5 Å². The van der Waals surface area contributed by atoms with Gasteiger partial charge in [0.05, 0.1) is 0 Å². The van der Waals surface area contributed by atoms with Crippen LogP contribution in [0, 0.1) is 5.92 Å². The Bertz CT molecular complexity index is 616. The summed E-state index contributed by atoms with van der Waals surface area (Å²) in [6.45, 7) is 0.922. The van der Waals surface area contributed by atoms with Crippen LogP contribution in [0.5, 0.6) is 0 Å². The molecular formula is C18H23F2NO3. The molecule has 1 aromatic rings. The van der Waals surface area contributed by atoms with E-state index in [-0.39, 0.29) is 24.4 Å². The van der Waals surface area contributed by atoms with E-state index in [9.17, 15) is 23.8 Å². The van der Waals surface area contributed by atoms with Gasteiger partial charge in [-0.15, -0.1) is 0 Å². The molecule has 1 saturated carbocycles. The molecule has 0 bridgehead atoms. The van der Waals surface area contributed by atoms with Crippen LogP contribution in [-0.2, 0) is 16.8 Å². The minimum atomic E-state index is -2.91. The van der Waals surface area contributed by atoms with Crippen LogP contribution in [0.25, 0.3) is 0 Å². The van der Waals surface area contributed by atoms with Crippen molar-refractivity contribution in [1.82, 2.24) is 5.32 Å². The number of hydrogen-bond acceptors (Lipinski definition) is 3. The highest BCUT2D eigenvalue weighted by Crippen LogP contribution is 2.48. The Kier molecular flexibility index (Phi) is 4.62. The Hall–Kier alpha value is -1.53. The molecule has 0 radical (unpaired) electrons. The summed E-state index contributed by atoms with van der Waals surface area (Å²) >= 11 is 0. The second-order valence-electron chi connectivity index (χ2n) is 7.02. The Labute approximate surface area is 139 Å². The van der Waals surface area contributed by atoms with E-state index in [0.29, 0.717) is 6.42 Å². The summed E-state index contributed by atoms with van der Waals surface area (Å²) in [6, 6.07) is 7.03. The summed E-state index contributed by atoms with van der Waals surface area (Å²) in [4.78, 5) is 11.9. The quantitative estimate of drug-likeness (QED) is 0.771. The average Bonchev–Trinajstić information content (AvgIpc) is 3.16. The predicted molar refractivity (Wildman–Crippen MR) is 85.0 cm³/mol. The molecule has 132 valence electrons. The number of carboxylic acid groups (broad SMARTS) is 1. The first kappa shape index (κ1) is 17.3. The standard InChI is InChI=1S/C18H23F2NO3/c19-17(20)8-7-13(11-17)18(24,16(22)23)15-6-2-1-4-12(15)10-14-5-3-9-21-14/h1-2,4,6,13-14,21,24H,3,5,7-11H2,(H,22,23)/t13-,14-,18-/m1/s1. The maximum atomic E-state index is 13.6. The maximum absolute atomic E-state index is 13.6. The highest BCUT2D eigenvalue weighted by Gasteiger charge is 2.54. The number of halogens is 2. The van der Waals surface area contributed by atoms with Crippen molar-refractivity contribution in [3.63, 3.8) is 0 Å². The second kappa shape index (κ2) is 6.41. The summed E-state index contributed by atoms with van der Waals surface area (Å²) in [5.41, 5.74) is -1.29. The fourth-order valence-electron chi connectivity index (χ4n) is 4.08. The van der Waals surface area contributed by atoms with Gasteiger partial charge in [-0.05, 0) is 43.4 Å². The van der Waals surface area contributed by atoms with Gasteiger partial charge >= 0.3 is 5.97 Å². The molecule has 1 saturated heterocycles. The molecule has 3 N–H and O–H groups in total. The van der Waals surface area contributed by atoms with Crippen LogP contribution in [-0.4, -0.2) is 34.7 Å². The van der Waals surface area contributed by atoms with Crippen LogP contribution in [0.4, 0.5) is 8.78 Å². The molecule has 4 nitrogen and oxygen atoms in total. The number of alkyl halides is 2. The van der Waals surface area contributed by atoms with E-state index in [2.05, 4.69) is 5.32 Å². The number of benzene rings is 1. The summed E-state index contributed by atoms with van der Waals surface area (Å²) in [7, 11) is 0. The van der Waals surface area contributed by atoms with Crippen molar-refractivity contribution in [3.05, 3.63) is 35.4 Å². The van der Waals surface area contributed by atoms with E-state index in [4.69, 9.17) is 0 Å². The summed E-state index contributed by atoms with van der Waals surface area (Å²) in [5, 5.41) is 24.0. The first-order valence-corrected chi connectivity index (χ1v) is 8.48. The topological polar surface area (TPSA) is 69.6 Å². The average molecular weight is 339 g/mol. The second-order valence-corrected chi connectivity index (χ2v) is 7.02. The number of rotatable bonds is 5. The molecule has 3 rings (SSSR count).